The molecule has 55 heavy (non-hydrogen) atoms. The molecular weight excluding hydrogens is 803 g/mol. The van der Waals surface area contributed by atoms with E-state index < -0.39 is 43.3 Å². The summed E-state index contributed by atoms with van der Waals surface area (Å²) in [4.78, 5) is 0. The number of halogens is 3. The van der Waals surface area contributed by atoms with Crippen molar-refractivity contribution in [1.29, 1.82) is 0 Å². The van der Waals surface area contributed by atoms with Gasteiger partial charge in [0.15, 0.2) is 0 Å². The van der Waals surface area contributed by atoms with E-state index in [1.807, 2.05) is 90.0 Å². The third kappa shape index (κ3) is 8.51. The number of aliphatic hydroxyl groups is 2. The monoisotopic (exact) mass is 846 g/mol. The number of nitrogens with one attached hydrogen (secondary N) is 2. The third-order valence-electron chi connectivity index (χ3n) is 10.1. The van der Waals surface area contributed by atoms with E-state index >= 15 is 0 Å². The number of rotatable bonds is 12. The molecule has 4 aromatic carbocycles. The van der Waals surface area contributed by atoms with Crippen LogP contribution in [-0.2, 0) is 31.1 Å². The van der Waals surface area contributed by atoms with Crippen LogP contribution < -0.4 is 9.44 Å². The first kappa shape index (κ1) is 42.4. The Morgan fingerprint density at radius 1 is 0.636 bits per heavy atom. The normalized spacial score (nSPS) is 15.4. The number of nitrogens with zero attached hydrogens (tertiary/aromatic N) is 2. The molecule has 2 aromatic heterocycles. The molecule has 0 radical (unpaired) electrons. The molecule has 10 nitrogen and oxygen atoms in total. The average molecular weight is 848 g/mol. The quantitative estimate of drug-likeness (QED) is 0.0969. The summed E-state index contributed by atoms with van der Waals surface area (Å²) in [6.45, 7) is 7.48. The van der Waals surface area contributed by atoms with E-state index in [9.17, 15) is 27.0 Å². The lowest BCUT2D eigenvalue weighted by Gasteiger charge is -2.39. The van der Waals surface area contributed by atoms with Crippen LogP contribution in [0.25, 0.3) is 21.8 Å². The fourth-order valence-electron chi connectivity index (χ4n) is 7.65. The van der Waals surface area contributed by atoms with Gasteiger partial charge in [0.25, 0.3) is 0 Å². The highest BCUT2D eigenvalue weighted by Crippen LogP contribution is 2.43. The fourth-order valence-corrected chi connectivity index (χ4v) is 9.50. The first-order chi connectivity index (χ1) is 25.8. The number of sulfonamides is 2. The summed E-state index contributed by atoms with van der Waals surface area (Å²) in [5.74, 6) is 0. The molecule has 0 saturated heterocycles. The largest absolute Gasteiger partial charge is 0.391 e. The molecule has 0 spiro atoms. The van der Waals surface area contributed by atoms with Crippen molar-refractivity contribution in [2.45, 2.75) is 63.8 Å². The standard InChI is InChI=1S/C20H22Cl2N2O3S.C20H23ClN2O3S/c1-4-20(13(2)25,16-9-8-14(21)12-17(16)22)24-11-10-15-18(23-28(3,26)27)6-5-7-19(15)24;1-4-20(14(2)24,15-8-10-16(21)11-9-15)23-13-12-17-18(22-27(3,25)26)6-5-7-19(17)23/h5-13,23,25H,4H2,1-3H3;5-14,22,24H,4H2,1-3H3. The van der Waals surface area contributed by atoms with Gasteiger partial charge in [-0.3, -0.25) is 9.44 Å². The lowest BCUT2D eigenvalue weighted by Crippen LogP contribution is -2.44. The maximum atomic E-state index is 11.7. The summed E-state index contributed by atoms with van der Waals surface area (Å²) >= 11 is 18.6. The third-order valence-corrected chi connectivity index (χ3v) is 12.1. The summed E-state index contributed by atoms with van der Waals surface area (Å²) < 4.78 is 55.9. The smallest absolute Gasteiger partial charge is 0.229 e. The van der Waals surface area contributed by atoms with Crippen LogP contribution in [0.15, 0.2) is 103 Å². The highest BCUT2D eigenvalue weighted by Gasteiger charge is 2.40. The summed E-state index contributed by atoms with van der Waals surface area (Å²) in [6, 6.07) is 27.2. The maximum absolute atomic E-state index is 11.7. The zero-order chi connectivity index (χ0) is 40.5. The zero-order valence-electron chi connectivity index (χ0n) is 31.3. The molecule has 15 heteroatoms. The molecule has 0 aliphatic carbocycles. The van der Waals surface area contributed by atoms with Gasteiger partial charge in [0.2, 0.25) is 20.0 Å². The van der Waals surface area contributed by atoms with Gasteiger partial charge in [0, 0.05) is 38.2 Å². The van der Waals surface area contributed by atoms with Crippen LogP contribution in [0.1, 0.15) is 51.7 Å². The number of benzene rings is 4. The van der Waals surface area contributed by atoms with Gasteiger partial charge in [0.1, 0.15) is 0 Å². The molecule has 2 heterocycles. The second-order valence-electron chi connectivity index (χ2n) is 13.6. The van der Waals surface area contributed by atoms with Crippen molar-refractivity contribution in [3.05, 3.63) is 130 Å². The molecule has 0 aliphatic rings. The van der Waals surface area contributed by atoms with E-state index in [1.165, 1.54) is 0 Å². The van der Waals surface area contributed by atoms with E-state index in [0.29, 0.717) is 39.3 Å². The van der Waals surface area contributed by atoms with Gasteiger partial charge in [-0.2, -0.15) is 0 Å². The highest BCUT2D eigenvalue weighted by molar-refractivity contribution is 7.92. The Kier molecular flexibility index (Phi) is 12.6. The Bertz CT molecular complexity index is 2540. The predicted molar refractivity (Wildman–Crippen MR) is 227 cm³/mol. The summed E-state index contributed by atoms with van der Waals surface area (Å²) in [6.07, 6.45) is 5.70. The number of aromatic nitrogens is 2. The van der Waals surface area contributed by atoms with Gasteiger partial charge in [-0.25, -0.2) is 16.8 Å². The number of anilines is 2. The van der Waals surface area contributed by atoms with E-state index in [1.54, 1.807) is 50.2 Å². The zero-order valence-corrected chi connectivity index (χ0v) is 35.2. The molecule has 4 atom stereocenters. The van der Waals surface area contributed by atoms with Crippen molar-refractivity contribution in [2.24, 2.45) is 0 Å². The van der Waals surface area contributed by atoms with Gasteiger partial charge in [-0.1, -0.05) is 79.0 Å². The Balaban J connectivity index is 0.000000211. The molecular formula is C40H45Cl3N4O6S2. The predicted octanol–water partition coefficient (Wildman–Crippen LogP) is 9.05. The number of hydrogen-bond donors (Lipinski definition) is 4. The molecule has 0 amide bonds. The minimum Gasteiger partial charge on any atom is -0.391 e. The van der Waals surface area contributed by atoms with Crippen LogP contribution >= 0.6 is 34.8 Å². The average Bonchev–Trinajstić information content (AvgIpc) is 3.73. The summed E-state index contributed by atoms with van der Waals surface area (Å²) in [7, 11) is -6.82. The van der Waals surface area contributed by atoms with Crippen molar-refractivity contribution in [3.8, 4) is 0 Å². The molecule has 6 aromatic rings. The van der Waals surface area contributed by atoms with Crippen molar-refractivity contribution >= 4 is 88.0 Å². The fraction of sp³-hybridized carbons (Fsp3) is 0.300. The van der Waals surface area contributed by atoms with Crippen molar-refractivity contribution in [2.75, 3.05) is 22.0 Å². The number of fused-ring (bicyclic) bond motifs is 2. The molecule has 0 fully saturated rings. The Labute approximate surface area is 337 Å². The topological polar surface area (TPSA) is 143 Å². The molecule has 4 unspecified atom stereocenters. The van der Waals surface area contributed by atoms with Gasteiger partial charge in [-0.15, -0.1) is 0 Å². The summed E-state index contributed by atoms with van der Waals surface area (Å²) in [5.41, 5.74) is 2.72. The number of aliphatic hydroxyl groups excluding tert-OH is 2. The Morgan fingerprint density at radius 2 is 1.07 bits per heavy atom. The van der Waals surface area contributed by atoms with Crippen LogP contribution in [0.5, 0.6) is 0 Å². The first-order valence-electron chi connectivity index (χ1n) is 17.5. The van der Waals surface area contributed by atoms with Gasteiger partial charge >= 0.3 is 0 Å². The van der Waals surface area contributed by atoms with Crippen LogP contribution in [0, 0.1) is 0 Å². The Morgan fingerprint density at radius 3 is 1.47 bits per heavy atom. The SMILES string of the molecule is CCC(c1ccc(Cl)cc1)(C(C)O)n1ccc2c(NS(C)(=O)=O)cccc21.CCC(c1ccc(Cl)cc1Cl)(C(C)O)n1ccc2c(NS(C)(=O)=O)cccc21. The van der Waals surface area contributed by atoms with E-state index in [-0.39, 0.29) is 0 Å². The van der Waals surface area contributed by atoms with Crippen molar-refractivity contribution < 1.29 is 27.0 Å². The van der Waals surface area contributed by atoms with Gasteiger partial charge in [-0.05, 0) is 98.5 Å². The van der Waals surface area contributed by atoms with Crippen LogP contribution in [0.4, 0.5) is 11.4 Å². The molecule has 294 valence electrons. The van der Waals surface area contributed by atoms with E-state index in [2.05, 4.69) is 9.44 Å². The van der Waals surface area contributed by atoms with E-state index in [4.69, 9.17) is 34.8 Å². The minimum absolute atomic E-state index is 0.461. The van der Waals surface area contributed by atoms with Crippen molar-refractivity contribution in [3.63, 3.8) is 0 Å². The molecule has 0 saturated carbocycles. The Hall–Kier alpha value is -3.75. The highest BCUT2D eigenvalue weighted by atomic mass is 35.5. The molecule has 6 rings (SSSR count). The second-order valence-corrected chi connectivity index (χ2v) is 18.4. The van der Waals surface area contributed by atoms with Gasteiger partial charge in [0.05, 0.1) is 58.2 Å². The molecule has 4 N–H and O–H groups in total. The molecule has 0 aliphatic heterocycles. The second kappa shape index (κ2) is 16.4. The maximum Gasteiger partial charge on any atom is 0.229 e. The first-order valence-corrected chi connectivity index (χ1v) is 22.4. The van der Waals surface area contributed by atoms with Crippen LogP contribution in [0.2, 0.25) is 15.1 Å². The lowest BCUT2D eigenvalue weighted by molar-refractivity contribution is 0.0753. The van der Waals surface area contributed by atoms with Crippen molar-refractivity contribution in [1.82, 2.24) is 9.13 Å². The van der Waals surface area contributed by atoms with Crippen LogP contribution in [-0.4, -0.2) is 60.9 Å². The van der Waals surface area contributed by atoms with E-state index in [0.717, 1.165) is 45.4 Å². The lowest BCUT2D eigenvalue weighted by atomic mass is 9.82. The summed E-state index contributed by atoms with van der Waals surface area (Å²) in [5, 5.41) is 24.8. The molecule has 0 bridgehead atoms. The van der Waals surface area contributed by atoms with Crippen LogP contribution in [0.3, 0.4) is 0 Å². The minimum atomic E-state index is -3.42. The van der Waals surface area contributed by atoms with Gasteiger partial charge < -0.3 is 19.3 Å². The number of hydrogen-bond acceptors (Lipinski definition) is 6.